The molecular formula is C13H19N. The van der Waals surface area contributed by atoms with Gasteiger partial charge in [0.25, 0.3) is 0 Å². The molecule has 1 saturated heterocycles. The maximum atomic E-state index is 3.31. The van der Waals surface area contributed by atoms with Crippen molar-refractivity contribution in [2.45, 2.75) is 32.1 Å². The Morgan fingerprint density at radius 2 is 1.93 bits per heavy atom. The van der Waals surface area contributed by atoms with E-state index in [1.807, 2.05) is 0 Å². The number of hydrogen-bond donors (Lipinski definition) is 1. The van der Waals surface area contributed by atoms with Gasteiger partial charge in [-0.2, -0.15) is 0 Å². The molecular weight excluding hydrogens is 170 g/mol. The van der Waals surface area contributed by atoms with Gasteiger partial charge in [-0.05, 0) is 24.0 Å². The van der Waals surface area contributed by atoms with Crippen LogP contribution in [-0.4, -0.2) is 13.1 Å². The van der Waals surface area contributed by atoms with Gasteiger partial charge >= 0.3 is 0 Å². The van der Waals surface area contributed by atoms with E-state index in [-0.39, 0.29) is 0 Å². The molecule has 0 saturated carbocycles. The highest BCUT2D eigenvalue weighted by Crippen LogP contribution is 2.20. The fraction of sp³-hybridized carbons (Fsp3) is 0.538. The molecule has 1 heteroatoms. The SMILES string of the molecule is CCCCc1ccc(C2CNC2)cc1. The van der Waals surface area contributed by atoms with E-state index in [1.165, 1.54) is 30.4 Å². The van der Waals surface area contributed by atoms with E-state index >= 15 is 0 Å². The van der Waals surface area contributed by atoms with Crippen molar-refractivity contribution < 1.29 is 0 Å². The Kier molecular flexibility index (Phi) is 3.20. The van der Waals surface area contributed by atoms with Gasteiger partial charge in [-0.25, -0.2) is 0 Å². The molecule has 0 atom stereocenters. The van der Waals surface area contributed by atoms with Crippen molar-refractivity contribution in [1.82, 2.24) is 5.32 Å². The molecule has 1 aromatic carbocycles. The van der Waals surface area contributed by atoms with E-state index in [0.717, 1.165) is 19.0 Å². The van der Waals surface area contributed by atoms with Crippen molar-refractivity contribution in [2.75, 3.05) is 13.1 Å². The number of aryl methyl sites for hydroxylation is 1. The first kappa shape index (κ1) is 9.72. The number of rotatable bonds is 4. The molecule has 1 fully saturated rings. The van der Waals surface area contributed by atoms with E-state index in [2.05, 4.69) is 36.5 Å². The Hall–Kier alpha value is -0.820. The minimum absolute atomic E-state index is 0.773. The van der Waals surface area contributed by atoms with E-state index in [4.69, 9.17) is 0 Å². The van der Waals surface area contributed by atoms with E-state index in [1.54, 1.807) is 0 Å². The van der Waals surface area contributed by atoms with E-state index in [9.17, 15) is 0 Å². The summed E-state index contributed by atoms with van der Waals surface area (Å²) in [5, 5.41) is 3.31. The lowest BCUT2D eigenvalue weighted by Gasteiger charge is -2.27. The standard InChI is InChI=1S/C13H19N/c1-2-3-4-11-5-7-12(8-6-11)13-9-14-10-13/h5-8,13-14H,2-4,9-10H2,1H3. The van der Waals surface area contributed by atoms with Crippen molar-refractivity contribution in [2.24, 2.45) is 0 Å². The zero-order valence-corrected chi connectivity index (χ0v) is 8.92. The Morgan fingerprint density at radius 1 is 1.21 bits per heavy atom. The predicted molar refractivity (Wildman–Crippen MR) is 60.7 cm³/mol. The molecule has 1 aromatic rings. The molecule has 1 aliphatic rings. The average Bonchev–Trinajstić information content (AvgIpc) is 2.14. The lowest BCUT2D eigenvalue weighted by molar-refractivity contribution is 0.448. The minimum atomic E-state index is 0.773. The summed E-state index contributed by atoms with van der Waals surface area (Å²) in [5.74, 6) is 0.773. The van der Waals surface area contributed by atoms with Crippen LogP contribution in [0.4, 0.5) is 0 Å². The monoisotopic (exact) mass is 189 g/mol. The first-order valence-electron chi connectivity index (χ1n) is 5.69. The van der Waals surface area contributed by atoms with Crippen molar-refractivity contribution in [3.8, 4) is 0 Å². The fourth-order valence-electron chi connectivity index (χ4n) is 1.86. The summed E-state index contributed by atoms with van der Waals surface area (Å²) in [6, 6.07) is 9.19. The molecule has 76 valence electrons. The quantitative estimate of drug-likeness (QED) is 0.768. The molecule has 0 amide bonds. The Labute approximate surface area is 86.5 Å². The fourth-order valence-corrected chi connectivity index (χ4v) is 1.86. The molecule has 0 spiro atoms. The lowest BCUT2D eigenvalue weighted by Crippen LogP contribution is -2.39. The number of benzene rings is 1. The molecule has 2 rings (SSSR count). The van der Waals surface area contributed by atoms with Crippen LogP contribution >= 0.6 is 0 Å². The highest BCUT2D eigenvalue weighted by molar-refractivity contribution is 5.27. The van der Waals surface area contributed by atoms with Crippen molar-refractivity contribution in [3.05, 3.63) is 35.4 Å². The number of unbranched alkanes of at least 4 members (excludes halogenated alkanes) is 1. The number of nitrogens with one attached hydrogen (secondary N) is 1. The summed E-state index contributed by atoms with van der Waals surface area (Å²) in [7, 11) is 0. The van der Waals surface area contributed by atoms with Crippen LogP contribution < -0.4 is 5.32 Å². The molecule has 1 heterocycles. The third-order valence-electron chi connectivity index (χ3n) is 3.05. The van der Waals surface area contributed by atoms with Gasteiger partial charge in [-0.15, -0.1) is 0 Å². The topological polar surface area (TPSA) is 12.0 Å². The molecule has 0 unspecified atom stereocenters. The Bertz CT molecular complexity index is 272. The summed E-state index contributed by atoms with van der Waals surface area (Å²) in [4.78, 5) is 0. The van der Waals surface area contributed by atoms with Crippen LogP contribution in [0.3, 0.4) is 0 Å². The molecule has 1 N–H and O–H groups in total. The average molecular weight is 189 g/mol. The van der Waals surface area contributed by atoms with E-state index < -0.39 is 0 Å². The maximum absolute atomic E-state index is 3.31. The second kappa shape index (κ2) is 4.61. The van der Waals surface area contributed by atoms with E-state index in [0.29, 0.717) is 0 Å². The van der Waals surface area contributed by atoms with Gasteiger partial charge in [0.15, 0.2) is 0 Å². The second-order valence-electron chi connectivity index (χ2n) is 4.20. The first-order chi connectivity index (χ1) is 6.90. The van der Waals surface area contributed by atoms with Crippen molar-refractivity contribution in [1.29, 1.82) is 0 Å². The Balaban J connectivity index is 1.95. The van der Waals surface area contributed by atoms with Crippen LogP contribution in [0.2, 0.25) is 0 Å². The largest absolute Gasteiger partial charge is 0.315 e. The van der Waals surface area contributed by atoms with Crippen LogP contribution in [0.1, 0.15) is 36.8 Å². The highest BCUT2D eigenvalue weighted by atomic mass is 14.9. The number of hydrogen-bond acceptors (Lipinski definition) is 1. The molecule has 0 aliphatic carbocycles. The predicted octanol–water partition coefficient (Wildman–Crippen LogP) is 2.72. The van der Waals surface area contributed by atoms with Crippen LogP contribution in [0, 0.1) is 0 Å². The smallest absolute Gasteiger partial charge is 0.00885 e. The summed E-state index contributed by atoms with van der Waals surface area (Å²) < 4.78 is 0. The third kappa shape index (κ3) is 2.16. The van der Waals surface area contributed by atoms with Gasteiger partial charge in [-0.3, -0.25) is 0 Å². The van der Waals surface area contributed by atoms with Gasteiger partial charge in [0, 0.05) is 19.0 Å². The van der Waals surface area contributed by atoms with Gasteiger partial charge in [0.05, 0.1) is 0 Å². The Morgan fingerprint density at radius 3 is 2.43 bits per heavy atom. The zero-order chi connectivity index (χ0) is 9.80. The van der Waals surface area contributed by atoms with Crippen molar-refractivity contribution >= 4 is 0 Å². The van der Waals surface area contributed by atoms with Gasteiger partial charge in [0.1, 0.15) is 0 Å². The summed E-state index contributed by atoms with van der Waals surface area (Å²) >= 11 is 0. The molecule has 14 heavy (non-hydrogen) atoms. The zero-order valence-electron chi connectivity index (χ0n) is 8.92. The molecule has 0 radical (unpaired) electrons. The molecule has 0 aromatic heterocycles. The second-order valence-corrected chi connectivity index (χ2v) is 4.20. The van der Waals surface area contributed by atoms with Crippen LogP contribution in [0.15, 0.2) is 24.3 Å². The first-order valence-corrected chi connectivity index (χ1v) is 5.69. The summed E-state index contributed by atoms with van der Waals surface area (Å²) in [6.07, 6.45) is 3.83. The van der Waals surface area contributed by atoms with Crippen molar-refractivity contribution in [3.63, 3.8) is 0 Å². The van der Waals surface area contributed by atoms with Crippen LogP contribution in [-0.2, 0) is 6.42 Å². The summed E-state index contributed by atoms with van der Waals surface area (Å²) in [6.45, 7) is 4.57. The van der Waals surface area contributed by atoms with Crippen LogP contribution in [0.5, 0.6) is 0 Å². The molecule has 0 bridgehead atoms. The van der Waals surface area contributed by atoms with Gasteiger partial charge < -0.3 is 5.32 Å². The van der Waals surface area contributed by atoms with Gasteiger partial charge in [-0.1, -0.05) is 37.6 Å². The van der Waals surface area contributed by atoms with Crippen LogP contribution in [0.25, 0.3) is 0 Å². The minimum Gasteiger partial charge on any atom is -0.315 e. The lowest BCUT2D eigenvalue weighted by atomic mass is 9.92. The highest BCUT2D eigenvalue weighted by Gasteiger charge is 2.17. The molecule has 1 nitrogen and oxygen atoms in total. The third-order valence-corrected chi connectivity index (χ3v) is 3.05. The summed E-state index contributed by atoms with van der Waals surface area (Å²) in [5.41, 5.74) is 2.99. The normalized spacial score (nSPS) is 16.6. The van der Waals surface area contributed by atoms with Gasteiger partial charge in [0.2, 0.25) is 0 Å². The molecule has 1 aliphatic heterocycles. The maximum Gasteiger partial charge on any atom is 0.00885 e.